The highest BCUT2D eigenvalue weighted by atomic mass is 35.5. The lowest BCUT2D eigenvalue weighted by atomic mass is 9.95. The van der Waals surface area contributed by atoms with Crippen LogP contribution < -0.4 is 9.64 Å². The van der Waals surface area contributed by atoms with Crippen molar-refractivity contribution in [2.75, 3.05) is 12.0 Å². The molecule has 2 heterocycles. The van der Waals surface area contributed by atoms with Crippen molar-refractivity contribution in [2.45, 2.75) is 6.04 Å². The van der Waals surface area contributed by atoms with Crippen LogP contribution in [0.1, 0.15) is 17.2 Å². The minimum atomic E-state index is -1.12. The lowest BCUT2D eigenvalue weighted by Crippen LogP contribution is -2.30. The van der Waals surface area contributed by atoms with Crippen molar-refractivity contribution in [1.82, 2.24) is 9.97 Å². The number of anilines is 1. The number of aliphatic hydroxyl groups is 1. The highest BCUT2D eigenvalue weighted by Crippen LogP contribution is 2.45. The molecule has 1 amide bonds. The summed E-state index contributed by atoms with van der Waals surface area (Å²) in [6.45, 7) is 0. The number of carbonyl (C=O) groups is 2. The number of rotatable bonds is 4. The zero-order valence-corrected chi connectivity index (χ0v) is 19.6. The average molecular weight is 510 g/mol. The van der Waals surface area contributed by atoms with E-state index in [-0.39, 0.29) is 38.6 Å². The number of hydrogen-bond donors (Lipinski definition) is 3. The Balaban J connectivity index is 1.79. The molecule has 10 heteroatoms. The molecule has 8 nitrogen and oxygen atoms in total. The van der Waals surface area contributed by atoms with Gasteiger partial charge in [-0.3, -0.25) is 14.5 Å². The number of nitrogens with one attached hydrogen (secondary N) is 1. The molecule has 0 bridgehead atoms. The van der Waals surface area contributed by atoms with Crippen LogP contribution in [0.4, 0.5) is 5.95 Å². The van der Waals surface area contributed by atoms with Gasteiger partial charge in [0.2, 0.25) is 5.95 Å². The van der Waals surface area contributed by atoms with Crippen molar-refractivity contribution in [2.24, 2.45) is 0 Å². The number of aliphatic hydroxyl groups excluding tert-OH is 1. The number of H-pyrrole nitrogens is 1. The third kappa shape index (κ3) is 3.77. The van der Waals surface area contributed by atoms with Gasteiger partial charge in [0.15, 0.2) is 0 Å². The van der Waals surface area contributed by atoms with Crippen molar-refractivity contribution in [3.8, 4) is 11.5 Å². The van der Waals surface area contributed by atoms with Gasteiger partial charge in [-0.15, -0.1) is 0 Å². The minimum absolute atomic E-state index is 0.0396. The lowest BCUT2D eigenvalue weighted by molar-refractivity contribution is -0.132. The number of ketones is 1. The van der Waals surface area contributed by atoms with Crippen molar-refractivity contribution < 1.29 is 24.5 Å². The molecule has 3 aromatic carbocycles. The maximum absolute atomic E-state index is 13.3. The van der Waals surface area contributed by atoms with Crippen LogP contribution in [0, 0.1) is 0 Å². The molecule has 1 fully saturated rings. The number of fused-ring (bicyclic) bond motifs is 1. The first-order valence-corrected chi connectivity index (χ1v) is 11.1. The summed E-state index contributed by atoms with van der Waals surface area (Å²) in [5, 5.41) is 21.8. The number of ether oxygens (including phenoxy) is 1. The highest BCUT2D eigenvalue weighted by molar-refractivity contribution is 6.51. The predicted octanol–water partition coefficient (Wildman–Crippen LogP) is 5.21. The second-order valence-corrected chi connectivity index (χ2v) is 8.65. The first-order valence-electron chi connectivity index (χ1n) is 10.4. The van der Waals surface area contributed by atoms with Crippen molar-refractivity contribution in [3.63, 3.8) is 0 Å². The number of aromatic amines is 1. The Morgan fingerprint density at radius 3 is 2.57 bits per heavy atom. The van der Waals surface area contributed by atoms with Crippen LogP contribution in [-0.4, -0.2) is 39.0 Å². The lowest BCUT2D eigenvalue weighted by Gasteiger charge is -2.23. The quantitative estimate of drug-likeness (QED) is 0.197. The first kappa shape index (κ1) is 22.8. The number of methoxy groups -OCH3 is 1. The number of imidazole rings is 1. The van der Waals surface area contributed by atoms with Crippen LogP contribution in [0.3, 0.4) is 0 Å². The number of benzene rings is 3. The third-order valence-electron chi connectivity index (χ3n) is 5.70. The fraction of sp³-hybridized carbons (Fsp3) is 0.0800. The molecule has 1 atom stereocenters. The Labute approximate surface area is 209 Å². The van der Waals surface area contributed by atoms with Gasteiger partial charge < -0.3 is 19.9 Å². The first-order chi connectivity index (χ1) is 16.8. The number of halogens is 2. The number of phenolic OH excluding ortho intramolecular Hbond substituents is 1. The summed E-state index contributed by atoms with van der Waals surface area (Å²) in [6, 6.07) is 14.9. The van der Waals surface area contributed by atoms with E-state index in [1.54, 1.807) is 36.4 Å². The number of nitrogens with zero attached hydrogens (tertiary/aromatic N) is 2. The molecule has 1 unspecified atom stereocenters. The number of para-hydroxylation sites is 2. The summed E-state index contributed by atoms with van der Waals surface area (Å²) < 4.78 is 5.33. The zero-order valence-electron chi connectivity index (χ0n) is 18.1. The molecular weight excluding hydrogens is 493 g/mol. The van der Waals surface area contributed by atoms with Crippen LogP contribution in [0.15, 0.2) is 66.2 Å². The molecule has 176 valence electrons. The number of Topliss-reactive ketones (excluding diaryl/α,β-unsaturated/α-hetero) is 1. The minimum Gasteiger partial charge on any atom is -0.508 e. The molecule has 0 spiro atoms. The smallest absolute Gasteiger partial charge is 0.302 e. The monoisotopic (exact) mass is 509 g/mol. The number of aromatic hydroxyl groups is 1. The molecule has 5 rings (SSSR count). The Hall–Kier alpha value is -4.01. The maximum atomic E-state index is 13.3. The van der Waals surface area contributed by atoms with Gasteiger partial charge >= 0.3 is 5.91 Å². The second-order valence-electron chi connectivity index (χ2n) is 7.81. The van der Waals surface area contributed by atoms with Crippen LogP contribution in [0.5, 0.6) is 11.5 Å². The third-order valence-corrected chi connectivity index (χ3v) is 6.20. The molecule has 1 aliphatic heterocycles. The fourth-order valence-electron chi connectivity index (χ4n) is 4.20. The summed E-state index contributed by atoms with van der Waals surface area (Å²) in [7, 11) is 1.35. The largest absolute Gasteiger partial charge is 0.508 e. The molecule has 1 saturated heterocycles. The van der Waals surface area contributed by atoms with E-state index in [4.69, 9.17) is 27.9 Å². The normalized spacial score (nSPS) is 17.3. The van der Waals surface area contributed by atoms with Crippen LogP contribution >= 0.6 is 23.2 Å². The summed E-state index contributed by atoms with van der Waals surface area (Å²) >= 11 is 12.4. The van der Waals surface area contributed by atoms with Gasteiger partial charge in [-0.25, -0.2) is 4.98 Å². The van der Waals surface area contributed by atoms with Gasteiger partial charge in [0.05, 0.1) is 40.3 Å². The summed E-state index contributed by atoms with van der Waals surface area (Å²) in [6.07, 6.45) is 0. The molecule has 4 aromatic rings. The molecule has 0 radical (unpaired) electrons. The van der Waals surface area contributed by atoms with E-state index < -0.39 is 23.5 Å². The van der Waals surface area contributed by atoms with Gasteiger partial charge in [0, 0.05) is 5.02 Å². The highest BCUT2D eigenvalue weighted by Gasteiger charge is 2.48. The van der Waals surface area contributed by atoms with Crippen LogP contribution in [-0.2, 0) is 9.59 Å². The van der Waals surface area contributed by atoms with Gasteiger partial charge in [0.1, 0.15) is 17.3 Å². The number of phenols is 1. The number of aromatic nitrogens is 2. The van der Waals surface area contributed by atoms with Crippen molar-refractivity contribution in [1.29, 1.82) is 0 Å². The van der Waals surface area contributed by atoms with E-state index in [0.717, 1.165) is 4.90 Å². The SMILES string of the molecule is COc1c(Cl)cc(Cl)cc1/C(O)=C1\C(=O)C(=O)N(c2nc3ccccc3[nH]2)C1c1cccc(O)c1. The Morgan fingerprint density at radius 1 is 1.09 bits per heavy atom. The molecule has 1 aromatic heterocycles. The summed E-state index contributed by atoms with van der Waals surface area (Å²) in [5.41, 5.74) is 1.42. The average Bonchev–Trinajstić information content (AvgIpc) is 3.36. The van der Waals surface area contributed by atoms with Crippen molar-refractivity contribution in [3.05, 3.63) is 87.4 Å². The number of carbonyl (C=O) groups excluding carboxylic acids is 2. The van der Waals surface area contributed by atoms with Gasteiger partial charge in [-0.1, -0.05) is 47.5 Å². The van der Waals surface area contributed by atoms with E-state index >= 15 is 0 Å². The van der Waals surface area contributed by atoms with Crippen molar-refractivity contribution >= 4 is 57.6 Å². The molecule has 0 saturated carbocycles. The maximum Gasteiger partial charge on any atom is 0.302 e. The van der Waals surface area contributed by atoms with Gasteiger partial charge in [0.25, 0.3) is 5.78 Å². The van der Waals surface area contributed by atoms with E-state index in [2.05, 4.69) is 9.97 Å². The molecule has 1 aliphatic rings. The Morgan fingerprint density at radius 2 is 1.86 bits per heavy atom. The summed E-state index contributed by atoms with van der Waals surface area (Å²) in [4.78, 5) is 35.3. The zero-order chi connectivity index (χ0) is 24.9. The Kier molecular flexibility index (Phi) is 5.62. The standard InChI is InChI=1S/C25H17Cl2N3O5/c1-35-23-15(10-13(26)11-16(23)27)21(32)19-20(12-5-4-6-14(31)9-12)30(24(34)22(19)33)25-28-17-7-2-3-8-18(17)29-25/h2-11,20,31-32H,1H3,(H,28,29)/b21-19+. The fourth-order valence-corrected chi connectivity index (χ4v) is 4.77. The van der Waals surface area contributed by atoms with Crippen LogP contribution in [0.2, 0.25) is 10.0 Å². The number of amides is 1. The second kappa shape index (κ2) is 8.65. The molecule has 3 N–H and O–H groups in total. The summed E-state index contributed by atoms with van der Waals surface area (Å²) in [5.74, 6) is -2.28. The molecular formula is C25H17Cl2N3O5. The van der Waals surface area contributed by atoms with E-state index in [0.29, 0.717) is 16.6 Å². The number of hydrogen-bond acceptors (Lipinski definition) is 6. The molecule has 0 aliphatic carbocycles. The van der Waals surface area contributed by atoms with E-state index in [9.17, 15) is 19.8 Å². The molecule has 35 heavy (non-hydrogen) atoms. The van der Waals surface area contributed by atoms with Gasteiger partial charge in [-0.05, 0) is 42.0 Å². The van der Waals surface area contributed by atoms with E-state index in [1.165, 1.54) is 31.4 Å². The van der Waals surface area contributed by atoms with Gasteiger partial charge in [-0.2, -0.15) is 0 Å². The van der Waals surface area contributed by atoms with E-state index in [1.807, 2.05) is 0 Å². The predicted molar refractivity (Wildman–Crippen MR) is 132 cm³/mol. The Bertz CT molecular complexity index is 1510. The topological polar surface area (TPSA) is 116 Å². The van der Waals surface area contributed by atoms with Crippen LogP contribution in [0.25, 0.3) is 16.8 Å².